The molecule has 0 radical (unpaired) electrons. The fraction of sp³-hybridized carbons (Fsp3) is 0.231. The molecule has 0 aliphatic carbocycles. The van der Waals surface area contributed by atoms with Gasteiger partial charge in [-0.25, -0.2) is 0 Å². The van der Waals surface area contributed by atoms with Gasteiger partial charge < -0.3 is 20.3 Å². The third kappa shape index (κ3) is 3.98. The number of carbonyl (C=O) groups excluding carboxylic acids is 1. The van der Waals surface area contributed by atoms with E-state index in [1.54, 1.807) is 12.1 Å². The molecule has 1 aliphatic rings. The second-order valence-corrected chi connectivity index (χ2v) is 5.47. The summed E-state index contributed by atoms with van der Waals surface area (Å²) < 4.78 is 4.97. The Balaban J connectivity index is 2.03. The maximum atomic E-state index is 11.5. The minimum absolute atomic E-state index is 0.0149. The van der Waals surface area contributed by atoms with Crippen LogP contribution < -0.4 is 10.1 Å². The number of benzene rings is 1. The molecule has 22 heavy (non-hydrogen) atoms. The van der Waals surface area contributed by atoms with E-state index in [0.29, 0.717) is 11.3 Å². The molecule has 1 aliphatic heterocycles. The van der Waals surface area contributed by atoms with E-state index >= 15 is 0 Å². The van der Waals surface area contributed by atoms with Crippen molar-refractivity contribution in [1.82, 2.24) is 5.32 Å². The number of carboxylic acids is 1. The smallest absolute Gasteiger partial charge is 0.305 e. The summed E-state index contributed by atoms with van der Waals surface area (Å²) in [6.07, 6.45) is 1.15. The van der Waals surface area contributed by atoms with Gasteiger partial charge in [-0.2, -0.15) is 5.10 Å². The Labute approximate surface area is 129 Å². The lowest BCUT2D eigenvalue weighted by Gasteiger charge is -2.02. The Morgan fingerprint density at radius 2 is 2.32 bits per heavy atom. The molecule has 9 heteroatoms. The number of aliphatic carboxylic acids is 1. The molecule has 1 aromatic rings. The van der Waals surface area contributed by atoms with Crippen LogP contribution in [0.3, 0.4) is 0 Å². The van der Waals surface area contributed by atoms with E-state index in [1.165, 1.54) is 19.4 Å². The number of phenolic OH excluding ortho intramolecular Hbond substituents is 1. The summed E-state index contributed by atoms with van der Waals surface area (Å²) in [5.41, 5.74) is 0.649. The zero-order valence-electron chi connectivity index (χ0n) is 11.5. The molecule has 1 heterocycles. The standard InChI is InChI=1S/C13H13N3O5S/c1-21-9-4-7(2-3-8(9)17)6-14-16-13-15-12(20)10(22-13)5-11(18)19/h2-4,6,10,17H,5H2,1H3,(H,18,19)(H,15,16,20)/b14-6-. The average Bonchev–Trinajstić information content (AvgIpc) is 2.80. The van der Waals surface area contributed by atoms with Gasteiger partial charge in [0, 0.05) is 0 Å². The average molecular weight is 323 g/mol. The van der Waals surface area contributed by atoms with Crippen LogP contribution in [-0.4, -0.2) is 45.8 Å². The van der Waals surface area contributed by atoms with E-state index in [2.05, 4.69) is 15.5 Å². The zero-order valence-corrected chi connectivity index (χ0v) is 12.3. The number of carbonyl (C=O) groups is 2. The molecule has 1 amide bonds. The number of methoxy groups -OCH3 is 1. The van der Waals surface area contributed by atoms with Crippen molar-refractivity contribution in [3.63, 3.8) is 0 Å². The molecule has 8 nitrogen and oxygen atoms in total. The molecule has 116 valence electrons. The number of nitrogens with one attached hydrogen (secondary N) is 1. The van der Waals surface area contributed by atoms with Gasteiger partial charge in [0.05, 0.1) is 19.7 Å². The van der Waals surface area contributed by atoms with Crippen LogP contribution in [0.15, 0.2) is 28.4 Å². The van der Waals surface area contributed by atoms with Gasteiger partial charge in [0.25, 0.3) is 0 Å². The van der Waals surface area contributed by atoms with E-state index in [1.807, 2.05) is 0 Å². The number of rotatable bonds is 5. The third-order valence-corrected chi connectivity index (χ3v) is 3.77. The second kappa shape index (κ2) is 6.94. The highest BCUT2D eigenvalue weighted by molar-refractivity contribution is 8.15. The topological polar surface area (TPSA) is 121 Å². The molecule has 0 spiro atoms. The van der Waals surface area contributed by atoms with Crippen molar-refractivity contribution in [2.75, 3.05) is 7.11 Å². The van der Waals surface area contributed by atoms with Crippen molar-refractivity contribution in [2.24, 2.45) is 10.2 Å². The molecule has 2 rings (SSSR count). The maximum Gasteiger partial charge on any atom is 0.305 e. The van der Waals surface area contributed by atoms with Gasteiger partial charge in [0.1, 0.15) is 5.25 Å². The number of ether oxygens (including phenoxy) is 1. The molecule has 1 unspecified atom stereocenters. The lowest BCUT2D eigenvalue weighted by molar-refractivity contribution is -0.138. The molecule has 0 saturated carbocycles. The number of hydrogen-bond acceptors (Lipinski definition) is 7. The number of phenols is 1. The molecule has 0 bridgehead atoms. The van der Waals surface area contributed by atoms with Crippen LogP contribution in [0, 0.1) is 0 Å². The Hall–Kier alpha value is -2.55. The lowest BCUT2D eigenvalue weighted by atomic mass is 10.2. The predicted molar refractivity (Wildman–Crippen MR) is 81.5 cm³/mol. The SMILES string of the molecule is COc1cc(/C=N\N=C2\NC(=O)C(CC(=O)O)S2)ccc1O. The summed E-state index contributed by atoms with van der Waals surface area (Å²) in [6, 6.07) is 4.66. The van der Waals surface area contributed by atoms with Crippen LogP contribution in [0.5, 0.6) is 11.5 Å². The Bertz CT molecular complexity index is 659. The number of aromatic hydroxyl groups is 1. The van der Waals surface area contributed by atoms with Gasteiger partial charge in [-0.05, 0) is 23.8 Å². The summed E-state index contributed by atoms with van der Waals surface area (Å²) in [6.45, 7) is 0. The number of carboxylic acid groups (broad SMARTS) is 1. The molecule has 1 saturated heterocycles. The van der Waals surface area contributed by atoms with Crippen LogP contribution in [0.25, 0.3) is 0 Å². The van der Waals surface area contributed by atoms with Crippen LogP contribution in [0.2, 0.25) is 0 Å². The Kier molecular flexibility index (Phi) is 4.99. The van der Waals surface area contributed by atoms with Crippen molar-refractivity contribution < 1.29 is 24.5 Å². The summed E-state index contributed by atoms with van der Waals surface area (Å²) >= 11 is 1.02. The van der Waals surface area contributed by atoms with Crippen LogP contribution in [0.4, 0.5) is 0 Å². The van der Waals surface area contributed by atoms with Gasteiger partial charge in [-0.15, -0.1) is 5.10 Å². The number of nitrogens with zero attached hydrogens (tertiary/aromatic N) is 2. The Morgan fingerprint density at radius 1 is 1.55 bits per heavy atom. The fourth-order valence-electron chi connectivity index (χ4n) is 1.67. The van der Waals surface area contributed by atoms with Crippen LogP contribution >= 0.6 is 11.8 Å². The van der Waals surface area contributed by atoms with E-state index < -0.39 is 17.1 Å². The number of amidine groups is 1. The third-order valence-electron chi connectivity index (χ3n) is 2.70. The molecular formula is C13H13N3O5S. The highest BCUT2D eigenvalue weighted by Gasteiger charge is 2.32. The van der Waals surface area contributed by atoms with Gasteiger partial charge >= 0.3 is 5.97 Å². The number of hydrogen-bond donors (Lipinski definition) is 3. The molecular weight excluding hydrogens is 310 g/mol. The first kappa shape index (κ1) is 15.8. The Morgan fingerprint density at radius 3 is 3.00 bits per heavy atom. The summed E-state index contributed by atoms with van der Waals surface area (Å²) in [5.74, 6) is -1.12. The minimum atomic E-state index is -1.05. The minimum Gasteiger partial charge on any atom is -0.504 e. The van der Waals surface area contributed by atoms with Crippen molar-refractivity contribution in [1.29, 1.82) is 0 Å². The van der Waals surface area contributed by atoms with Crippen molar-refractivity contribution in [2.45, 2.75) is 11.7 Å². The van der Waals surface area contributed by atoms with E-state index in [4.69, 9.17) is 9.84 Å². The van der Waals surface area contributed by atoms with Gasteiger partial charge in [0.15, 0.2) is 16.7 Å². The highest BCUT2D eigenvalue weighted by Crippen LogP contribution is 2.25. The van der Waals surface area contributed by atoms with E-state index in [0.717, 1.165) is 11.8 Å². The van der Waals surface area contributed by atoms with E-state index in [-0.39, 0.29) is 17.3 Å². The summed E-state index contributed by atoms with van der Waals surface area (Å²) in [7, 11) is 1.43. The van der Waals surface area contributed by atoms with Crippen LogP contribution in [-0.2, 0) is 9.59 Å². The lowest BCUT2D eigenvalue weighted by Crippen LogP contribution is -2.26. The maximum absolute atomic E-state index is 11.5. The monoisotopic (exact) mass is 323 g/mol. The van der Waals surface area contributed by atoms with Crippen molar-refractivity contribution in [3.8, 4) is 11.5 Å². The molecule has 0 aromatic heterocycles. The molecule has 1 aromatic carbocycles. The van der Waals surface area contributed by atoms with E-state index in [9.17, 15) is 14.7 Å². The first-order valence-corrected chi connectivity index (χ1v) is 7.05. The zero-order chi connectivity index (χ0) is 16.1. The van der Waals surface area contributed by atoms with Crippen molar-refractivity contribution in [3.05, 3.63) is 23.8 Å². The second-order valence-electron chi connectivity index (χ2n) is 4.27. The molecule has 1 atom stereocenters. The molecule has 1 fully saturated rings. The number of thioether (sulfide) groups is 1. The van der Waals surface area contributed by atoms with Gasteiger partial charge in [0.2, 0.25) is 5.91 Å². The first-order valence-electron chi connectivity index (χ1n) is 6.17. The summed E-state index contributed by atoms with van der Waals surface area (Å²) in [5, 5.41) is 27.8. The predicted octanol–water partition coefficient (Wildman–Crippen LogP) is 0.797. The van der Waals surface area contributed by atoms with Gasteiger partial charge in [-0.1, -0.05) is 11.8 Å². The van der Waals surface area contributed by atoms with Gasteiger partial charge in [-0.3, -0.25) is 9.59 Å². The molecule has 3 N–H and O–H groups in total. The van der Waals surface area contributed by atoms with Crippen molar-refractivity contribution >= 4 is 35.0 Å². The quantitative estimate of drug-likeness (QED) is 0.544. The normalized spacial score (nSPS) is 19.6. The van der Waals surface area contributed by atoms with Crippen LogP contribution in [0.1, 0.15) is 12.0 Å². The first-order chi connectivity index (χ1) is 10.5. The number of amides is 1. The fourth-order valence-corrected chi connectivity index (χ4v) is 2.58. The summed E-state index contributed by atoms with van der Waals surface area (Å²) in [4.78, 5) is 22.1. The largest absolute Gasteiger partial charge is 0.504 e. The highest BCUT2D eigenvalue weighted by atomic mass is 32.2.